The third-order valence-electron chi connectivity index (χ3n) is 2.92. The Balaban J connectivity index is 0.00000220. The average Bonchev–Trinajstić information content (AvgIpc) is 2.90. The van der Waals surface area contributed by atoms with Crippen LogP contribution in [0.1, 0.15) is 21.7 Å². The van der Waals surface area contributed by atoms with Crippen LogP contribution in [-0.4, -0.2) is 23.9 Å². The van der Waals surface area contributed by atoms with Crippen LogP contribution < -0.4 is 5.73 Å². The normalized spacial score (nSPS) is 10.0. The van der Waals surface area contributed by atoms with Gasteiger partial charge in [-0.3, -0.25) is 4.79 Å². The van der Waals surface area contributed by atoms with E-state index in [1.807, 2.05) is 35.2 Å². The van der Waals surface area contributed by atoms with Gasteiger partial charge >= 0.3 is 0 Å². The van der Waals surface area contributed by atoms with E-state index in [1.54, 1.807) is 12.1 Å². The second-order valence-corrected chi connectivity index (χ2v) is 6.17. The number of amides is 1. The lowest BCUT2D eigenvalue weighted by Gasteiger charge is -2.22. The van der Waals surface area contributed by atoms with Crippen molar-refractivity contribution in [3.63, 3.8) is 0 Å². The van der Waals surface area contributed by atoms with E-state index >= 15 is 0 Å². The second kappa shape index (κ2) is 9.05. The molecule has 1 aromatic carbocycles. The molecule has 3 nitrogen and oxygen atoms in total. The van der Waals surface area contributed by atoms with Crippen LogP contribution in [0.25, 0.3) is 0 Å². The van der Waals surface area contributed by atoms with Crippen molar-refractivity contribution in [2.75, 3.05) is 13.1 Å². The molecule has 0 bridgehead atoms. The summed E-state index contributed by atoms with van der Waals surface area (Å²) in [6, 6.07) is 13.5. The standard InChI is InChI=1S/C15H17ClN2OS.ClH/c16-14-8-7-13(20-14)15(19)18(10-4-9-17)11-12-5-2-1-3-6-12;/h1-3,5-8H,4,9-11,17H2;1H. The summed E-state index contributed by atoms with van der Waals surface area (Å²) in [7, 11) is 0. The molecule has 0 spiro atoms. The molecule has 0 saturated heterocycles. The Hall–Kier alpha value is -1.07. The van der Waals surface area contributed by atoms with Gasteiger partial charge in [0.05, 0.1) is 9.21 Å². The highest BCUT2D eigenvalue weighted by Gasteiger charge is 2.17. The number of carbonyl (C=O) groups is 1. The zero-order valence-electron chi connectivity index (χ0n) is 11.5. The maximum Gasteiger partial charge on any atom is 0.264 e. The molecule has 0 aliphatic rings. The van der Waals surface area contributed by atoms with Gasteiger partial charge < -0.3 is 10.6 Å². The molecule has 0 fully saturated rings. The molecule has 0 radical (unpaired) electrons. The third-order valence-corrected chi connectivity index (χ3v) is 4.14. The van der Waals surface area contributed by atoms with Crippen molar-refractivity contribution in [1.29, 1.82) is 0 Å². The van der Waals surface area contributed by atoms with E-state index in [9.17, 15) is 4.79 Å². The van der Waals surface area contributed by atoms with Crippen LogP contribution in [0.3, 0.4) is 0 Å². The lowest BCUT2D eigenvalue weighted by molar-refractivity contribution is 0.0747. The van der Waals surface area contributed by atoms with E-state index < -0.39 is 0 Å². The number of nitrogens with two attached hydrogens (primary N) is 1. The monoisotopic (exact) mass is 344 g/mol. The molecule has 6 heteroatoms. The summed E-state index contributed by atoms with van der Waals surface area (Å²) in [5.74, 6) is 0.0132. The second-order valence-electron chi connectivity index (χ2n) is 4.46. The van der Waals surface area contributed by atoms with Crippen molar-refractivity contribution in [2.45, 2.75) is 13.0 Å². The number of halogens is 2. The van der Waals surface area contributed by atoms with E-state index in [2.05, 4.69) is 0 Å². The topological polar surface area (TPSA) is 46.3 Å². The first-order chi connectivity index (χ1) is 9.70. The molecule has 21 heavy (non-hydrogen) atoms. The third kappa shape index (κ3) is 5.32. The highest BCUT2D eigenvalue weighted by atomic mass is 35.5. The Kier molecular flexibility index (Phi) is 7.75. The predicted octanol–water partition coefficient (Wildman–Crippen LogP) is 3.81. The highest BCUT2D eigenvalue weighted by Crippen LogP contribution is 2.23. The van der Waals surface area contributed by atoms with Gasteiger partial charge in [-0.1, -0.05) is 41.9 Å². The zero-order chi connectivity index (χ0) is 14.4. The van der Waals surface area contributed by atoms with Crippen molar-refractivity contribution in [1.82, 2.24) is 4.90 Å². The number of rotatable bonds is 6. The highest BCUT2D eigenvalue weighted by molar-refractivity contribution is 7.17. The summed E-state index contributed by atoms with van der Waals surface area (Å²) in [5, 5.41) is 0. The molecular formula is C15H18Cl2N2OS. The molecule has 2 aromatic rings. The lowest BCUT2D eigenvalue weighted by Crippen LogP contribution is -2.32. The molecule has 2 N–H and O–H groups in total. The smallest absolute Gasteiger partial charge is 0.264 e. The maximum atomic E-state index is 12.5. The molecule has 2 rings (SSSR count). The van der Waals surface area contributed by atoms with E-state index in [0.717, 1.165) is 12.0 Å². The molecule has 0 unspecified atom stereocenters. The largest absolute Gasteiger partial charge is 0.334 e. The van der Waals surface area contributed by atoms with E-state index in [1.165, 1.54) is 11.3 Å². The summed E-state index contributed by atoms with van der Waals surface area (Å²) >= 11 is 7.21. The lowest BCUT2D eigenvalue weighted by atomic mass is 10.2. The Morgan fingerprint density at radius 2 is 1.90 bits per heavy atom. The Bertz CT molecular complexity index is 560. The van der Waals surface area contributed by atoms with Crippen LogP contribution in [0.15, 0.2) is 42.5 Å². The van der Waals surface area contributed by atoms with Crippen molar-refractivity contribution < 1.29 is 4.79 Å². The minimum atomic E-state index is 0. The van der Waals surface area contributed by atoms with E-state index in [0.29, 0.717) is 28.8 Å². The first kappa shape index (κ1) is 18.0. The number of hydrogen-bond acceptors (Lipinski definition) is 3. The van der Waals surface area contributed by atoms with Gasteiger partial charge in [0.2, 0.25) is 0 Å². The van der Waals surface area contributed by atoms with Gasteiger partial charge in [0.1, 0.15) is 0 Å². The Morgan fingerprint density at radius 3 is 2.48 bits per heavy atom. The summed E-state index contributed by atoms with van der Waals surface area (Å²) in [5.41, 5.74) is 6.67. The minimum absolute atomic E-state index is 0. The molecule has 1 amide bonds. The Morgan fingerprint density at radius 1 is 1.19 bits per heavy atom. The van der Waals surface area contributed by atoms with Gasteiger partial charge in [0, 0.05) is 13.1 Å². The summed E-state index contributed by atoms with van der Waals surface area (Å²) in [6.45, 7) is 1.82. The van der Waals surface area contributed by atoms with Crippen LogP contribution in [0.4, 0.5) is 0 Å². The quantitative estimate of drug-likeness (QED) is 0.865. The molecule has 1 heterocycles. The first-order valence-electron chi connectivity index (χ1n) is 6.49. The minimum Gasteiger partial charge on any atom is -0.334 e. The van der Waals surface area contributed by atoms with Crippen LogP contribution in [0.2, 0.25) is 4.34 Å². The van der Waals surface area contributed by atoms with Gasteiger partial charge in [0.25, 0.3) is 5.91 Å². The molecule has 114 valence electrons. The Labute approximate surface area is 140 Å². The van der Waals surface area contributed by atoms with Crippen molar-refractivity contribution in [2.24, 2.45) is 5.73 Å². The van der Waals surface area contributed by atoms with Crippen molar-refractivity contribution >= 4 is 41.3 Å². The fourth-order valence-electron chi connectivity index (χ4n) is 1.92. The van der Waals surface area contributed by atoms with Gasteiger partial charge in [-0.25, -0.2) is 0 Å². The van der Waals surface area contributed by atoms with Gasteiger partial charge in [-0.15, -0.1) is 23.7 Å². The van der Waals surface area contributed by atoms with E-state index in [-0.39, 0.29) is 18.3 Å². The average molecular weight is 345 g/mol. The van der Waals surface area contributed by atoms with Gasteiger partial charge in [0.15, 0.2) is 0 Å². The number of thiophene rings is 1. The zero-order valence-corrected chi connectivity index (χ0v) is 13.9. The van der Waals surface area contributed by atoms with Gasteiger partial charge in [-0.2, -0.15) is 0 Å². The number of nitrogens with zero attached hydrogens (tertiary/aromatic N) is 1. The van der Waals surface area contributed by atoms with Crippen LogP contribution in [-0.2, 0) is 6.54 Å². The van der Waals surface area contributed by atoms with Crippen LogP contribution in [0, 0.1) is 0 Å². The molecule has 1 aromatic heterocycles. The molecule has 0 atom stereocenters. The molecule has 0 aliphatic carbocycles. The maximum absolute atomic E-state index is 12.5. The number of hydrogen-bond donors (Lipinski definition) is 1. The van der Waals surface area contributed by atoms with Crippen LogP contribution in [0.5, 0.6) is 0 Å². The summed E-state index contributed by atoms with van der Waals surface area (Å²) in [6.07, 6.45) is 0.789. The molecular weight excluding hydrogens is 327 g/mol. The summed E-state index contributed by atoms with van der Waals surface area (Å²) < 4.78 is 0.631. The SMILES string of the molecule is Cl.NCCCN(Cc1ccccc1)C(=O)c1ccc(Cl)s1. The summed E-state index contributed by atoms with van der Waals surface area (Å²) in [4.78, 5) is 15.0. The van der Waals surface area contributed by atoms with E-state index in [4.69, 9.17) is 17.3 Å². The van der Waals surface area contributed by atoms with Crippen LogP contribution >= 0.6 is 35.3 Å². The first-order valence-corrected chi connectivity index (χ1v) is 7.69. The van der Waals surface area contributed by atoms with Gasteiger partial charge in [-0.05, 0) is 30.7 Å². The van der Waals surface area contributed by atoms with Crippen molar-refractivity contribution in [3.05, 3.63) is 57.2 Å². The molecule has 0 aliphatic heterocycles. The predicted molar refractivity (Wildman–Crippen MR) is 91.4 cm³/mol. The fraction of sp³-hybridized carbons (Fsp3) is 0.267. The fourth-order valence-corrected chi connectivity index (χ4v) is 2.93. The number of benzene rings is 1. The number of carbonyl (C=O) groups excluding carboxylic acids is 1. The molecule has 0 saturated carbocycles. The van der Waals surface area contributed by atoms with Crippen molar-refractivity contribution in [3.8, 4) is 0 Å².